The van der Waals surface area contributed by atoms with Gasteiger partial charge in [0.2, 0.25) is 0 Å². The van der Waals surface area contributed by atoms with E-state index in [1.165, 1.54) is 4.90 Å². The van der Waals surface area contributed by atoms with E-state index < -0.39 is 0 Å². The van der Waals surface area contributed by atoms with Crippen molar-refractivity contribution in [2.75, 3.05) is 25.0 Å². The van der Waals surface area contributed by atoms with Gasteiger partial charge in [-0.05, 0) is 30.0 Å². The number of carbonyl (C=O) groups is 1. The van der Waals surface area contributed by atoms with Gasteiger partial charge in [0, 0.05) is 31.5 Å². The Morgan fingerprint density at radius 3 is 2.95 bits per heavy atom. The second kappa shape index (κ2) is 7.66. The smallest absolute Gasteiger partial charge is 0.322 e. The fourth-order valence-corrected chi connectivity index (χ4v) is 2.45. The van der Waals surface area contributed by atoms with Crippen molar-refractivity contribution in [2.24, 2.45) is 0 Å². The van der Waals surface area contributed by atoms with Crippen molar-refractivity contribution in [3.8, 4) is 0 Å². The maximum absolute atomic E-state index is 12.2. The number of benzene rings is 1. The Labute approximate surface area is 130 Å². The molecule has 2 amide bonds. The predicted molar refractivity (Wildman–Crippen MR) is 90.1 cm³/mol. The molecular formula is C17H23N3O2. The summed E-state index contributed by atoms with van der Waals surface area (Å²) in [4.78, 5) is 13.7. The van der Waals surface area contributed by atoms with Crippen molar-refractivity contribution in [3.63, 3.8) is 0 Å². The molecule has 0 unspecified atom stereocenters. The van der Waals surface area contributed by atoms with Gasteiger partial charge in [-0.1, -0.05) is 19.1 Å². The van der Waals surface area contributed by atoms with Crippen molar-refractivity contribution >= 4 is 22.6 Å². The van der Waals surface area contributed by atoms with Crippen molar-refractivity contribution in [2.45, 2.75) is 19.9 Å². The molecule has 1 aromatic heterocycles. The van der Waals surface area contributed by atoms with Crippen molar-refractivity contribution in [1.29, 1.82) is 0 Å². The monoisotopic (exact) mass is 301 g/mol. The van der Waals surface area contributed by atoms with Gasteiger partial charge in [-0.2, -0.15) is 0 Å². The van der Waals surface area contributed by atoms with Gasteiger partial charge in [-0.25, -0.2) is 4.79 Å². The maximum atomic E-state index is 12.2. The van der Waals surface area contributed by atoms with Gasteiger partial charge >= 0.3 is 6.03 Å². The molecule has 2 rings (SSSR count). The first-order chi connectivity index (χ1) is 10.7. The predicted octanol–water partition coefficient (Wildman–Crippen LogP) is 3.06. The number of anilines is 1. The standard InChI is InChI=1S/C17H23N3O2/c1-3-8-19-10-7-14-5-6-15(13-16(14)19)18-17(22)20(9-4-2)11-12-21/h4-7,10,13,21H,2-3,8-9,11-12H2,1H3,(H,18,22). The number of urea groups is 1. The zero-order valence-electron chi connectivity index (χ0n) is 13.0. The van der Waals surface area contributed by atoms with Crippen LogP contribution in [0.2, 0.25) is 0 Å². The van der Waals surface area contributed by atoms with Crippen LogP contribution in [0.3, 0.4) is 0 Å². The number of carbonyl (C=O) groups excluding carboxylic acids is 1. The summed E-state index contributed by atoms with van der Waals surface area (Å²) in [5, 5.41) is 13.1. The number of hydrogen-bond acceptors (Lipinski definition) is 2. The molecule has 0 aliphatic carbocycles. The summed E-state index contributed by atoms with van der Waals surface area (Å²) in [5.74, 6) is 0. The van der Waals surface area contributed by atoms with E-state index in [4.69, 9.17) is 5.11 Å². The molecule has 0 bridgehead atoms. The molecule has 5 heteroatoms. The number of nitrogens with zero attached hydrogens (tertiary/aromatic N) is 2. The molecule has 118 valence electrons. The fourth-order valence-electron chi connectivity index (χ4n) is 2.45. The van der Waals surface area contributed by atoms with Crippen molar-refractivity contribution in [1.82, 2.24) is 9.47 Å². The minimum Gasteiger partial charge on any atom is -0.395 e. The van der Waals surface area contributed by atoms with Crippen molar-refractivity contribution in [3.05, 3.63) is 43.1 Å². The summed E-state index contributed by atoms with van der Waals surface area (Å²) >= 11 is 0. The molecular weight excluding hydrogens is 278 g/mol. The highest BCUT2D eigenvalue weighted by Crippen LogP contribution is 2.21. The first kappa shape index (κ1) is 16.1. The van der Waals surface area contributed by atoms with E-state index in [1.54, 1.807) is 6.08 Å². The Bertz CT molecular complexity index is 648. The van der Waals surface area contributed by atoms with Crippen LogP contribution in [0.1, 0.15) is 13.3 Å². The molecule has 0 atom stereocenters. The zero-order valence-corrected chi connectivity index (χ0v) is 13.0. The molecule has 22 heavy (non-hydrogen) atoms. The SMILES string of the molecule is C=CCN(CCO)C(=O)Nc1ccc2ccn(CCC)c2c1. The number of amides is 2. The highest BCUT2D eigenvalue weighted by molar-refractivity contribution is 5.93. The third-order valence-corrected chi connectivity index (χ3v) is 3.50. The molecule has 5 nitrogen and oxygen atoms in total. The minimum absolute atomic E-state index is 0.0698. The summed E-state index contributed by atoms with van der Waals surface area (Å²) in [6.07, 6.45) is 4.77. The van der Waals surface area contributed by atoms with Crippen LogP contribution in [-0.4, -0.2) is 40.3 Å². The summed E-state index contributed by atoms with van der Waals surface area (Å²) in [5.41, 5.74) is 1.86. The quantitative estimate of drug-likeness (QED) is 0.772. The normalized spacial score (nSPS) is 10.6. The van der Waals surface area contributed by atoms with Crippen LogP contribution in [0.25, 0.3) is 10.9 Å². The van der Waals surface area contributed by atoms with E-state index in [-0.39, 0.29) is 19.2 Å². The zero-order chi connectivity index (χ0) is 15.9. The average Bonchev–Trinajstić information content (AvgIpc) is 2.90. The molecule has 0 fully saturated rings. The first-order valence-corrected chi connectivity index (χ1v) is 7.56. The number of rotatable bonds is 7. The molecule has 1 aromatic carbocycles. The lowest BCUT2D eigenvalue weighted by molar-refractivity contribution is 0.195. The number of fused-ring (bicyclic) bond motifs is 1. The van der Waals surface area contributed by atoms with Crippen LogP contribution in [0.4, 0.5) is 10.5 Å². The van der Waals surface area contributed by atoms with E-state index in [0.29, 0.717) is 6.54 Å². The van der Waals surface area contributed by atoms with Gasteiger partial charge in [0.15, 0.2) is 0 Å². The van der Waals surface area contributed by atoms with Crippen LogP contribution >= 0.6 is 0 Å². The lowest BCUT2D eigenvalue weighted by Crippen LogP contribution is -2.37. The second-order valence-corrected chi connectivity index (χ2v) is 5.17. The maximum Gasteiger partial charge on any atom is 0.322 e. The van der Waals surface area contributed by atoms with E-state index in [9.17, 15) is 4.79 Å². The lowest BCUT2D eigenvalue weighted by Gasteiger charge is -2.20. The third kappa shape index (κ3) is 3.68. The van der Waals surface area contributed by atoms with Crippen LogP contribution < -0.4 is 5.32 Å². The Morgan fingerprint density at radius 2 is 2.27 bits per heavy atom. The number of nitrogens with one attached hydrogen (secondary N) is 1. The van der Waals surface area contributed by atoms with Gasteiger partial charge < -0.3 is 19.9 Å². The summed E-state index contributed by atoms with van der Waals surface area (Å²) in [6, 6.07) is 7.71. The Hall–Kier alpha value is -2.27. The molecule has 0 radical (unpaired) electrons. The molecule has 0 aliphatic rings. The molecule has 0 saturated heterocycles. The van der Waals surface area contributed by atoms with E-state index in [2.05, 4.69) is 35.6 Å². The molecule has 0 aliphatic heterocycles. The van der Waals surface area contributed by atoms with Gasteiger partial charge in [0.05, 0.1) is 12.1 Å². The van der Waals surface area contributed by atoms with E-state index >= 15 is 0 Å². The third-order valence-electron chi connectivity index (χ3n) is 3.50. The highest BCUT2D eigenvalue weighted by Gasteiger charge is 2.12. The van der Waals surface area contributed by atoms with Crippen molar-refractivity contribution < 1.29 is 9.90 Å². The average molecular weight is 301 g/mol. The summed E-state index contributed by atoms with van der Waals surface area (Å²) < 4.78 is 2.18. The van der Waals surface area contributed by atoms with Gasteiger partial charge in [0.1, 0.15) is 0 Å². The topological polar surface area (TPSA) is 57.5 Å². The molecule has 2 N–H and O–H groups in total. The molecule has 0 saturated carbocycles. The summed E-state index contributed by atoms with van der Waals surface area (Å²) in [6.45, 7) is 7.34. The van der Waals surface area contributed by atoms with Crippen LogP contribution in [0, 0.1) is 0 Å². The largest absolute Gasteiger partial charge is 0.395 e. The molecule has 1 heterocycles. The second-order valence-electron chi connectivity index (χ2n) is 5.17. The van der Waals surface area contributed by atoms with E-state index in [1.807, 2.05) is 18.2 Å². The molecule has 0 spiro atoms. The number of aliphatic hydroxyl groups is 1. The number of aliphatic hydroxyl groups excluding tert-OH is 1. The Kier molecular flexibility index (Phi) is 5.61. The van der Waals surface area contributed by atoms with E-state index in [0.717, 1.165) is 29.6 Å². The summed E-state index contributed by atoms with van der Waals surface area (Å²) in [7, 11) is 0. The van der Waals surface area contributed by atoms with Gasteiger partial charge in [-0.15, -0.1) is 6.58 Å². The number of aryl methyl sites for hydroxylation is 1. The molecule has 2 aromatic rings. The van der Waals surface area contributed by atoms with Crippen LogP contribution in [-0.2, 0) is 6.54 Å². The first-order valence-electron chi connectivity index (χ1n) is 7.56. The minimum atomic E-state index is -0.234. The lowest BCUT2D eigenvalue weighted by atomic mass is 10.2. The Morgan fingerprint density at radius 1 is 1.45 bits per heavy atom. The van der Waals surface area contributed by atoms with Crippen LogP contribution in [0.15, 0.2) is 43.1 Å². The van der Waals surface area contributed by atoms with Crippen LogP contribution in [0.5, 0.6) is 0 Å². The van der Waals surface area contributed by atoms with Gasteiger partial charge in [-0.3, -0.25) is 0 Å². The number of hydrogen-bond donors (Lipinski definition) is 2. The van der Waals surface area contributed by atoms with Gasteiger partial charge in [0.25, 0.3) is 0 Å². The highest BCUT2D eigenvalue weighted by atomic mass is 16.3. The number of aromatic nitrogens is 1. The Balaban J connectivity index is 2.17. The fraction of sp³-hybridized carbons (Fsp3) is 0.353.